The molecule has 0 saturated heterocycles. The summed E-state index contributed by atoms with van der Waals surface area (Å²) in [6.45, 7) is 3.68. The number of sulfonamides is 1. The van der Waals surface area contributed by atoms with Crippen molar-refractivity contribution in [2.45, 2.75) is 18.7 Å². The lowest BCUT2D eigenvalue weighted by molar-refractivity contribution is 0.102. The van der Waals surface area contributed by atoms with Gasteiger partial charge in [-0.25, -0.2) is 17.4 Å². The van der Waals surface area contributed by atoms with Crippen molar-refractivity contribution in [3.05, 3.63) is 82.9 Å². The first-order valence-electron chi connectivity index (χ1n) is 10.2. The summed E-state index contributed by atoms with van der Waals surface area (Å²) in [6.07, 6.45) is 1.70. The number of thiophene rings is 1. The number of rotatable bonds is 6. The second-order valence-corrected chi connectivity index (χ2v) is 10.9. The van der Waals surface area contributed by atoms with E-state index >= 15 is 0 Å². The smallest absolute Gasteiger partial charge is 0.259 e. The van der Waals surface area contributed by atoms with Gasteiger partial charge in [-0.1, -0.05) is 24.3 Å². The zero-order chi connectivity index (χ0) is 23.8. The molecule has 0 bridgehead atoms. The summed E-state index contributed by atoms with van der Waals surface area (Å²) < 4.78 is 28.2. The van der Waals surface area contributed by atoms with E-state index in [4.69, 9.17) is 0 Å². The minimum Gasteiger partial charge on any atom is -0.322 e. The molecule has 9 heteroatoms. The summed E-state index contributed by atoms with van der Waals surface area (Å²) in [7, 11) is -0.687. The number of carbonyl (C=O) groups excluding carboxylic acids is 1. The molecule has 2 aromatic heterocycles. The van der Waals surface area contributed by atoms with Crippen molar-refractivity contribution >= 4 is 33.0 Å². The number of hydrogen-bond acceptors (Lipinski definition) is 5. The van der Waals surface area contributed by atoms with Crippen molar-refractivity contribution in [3.63, 3.8) is 0 Å². The Kier molecular flexibility index (Phi) is 6.20. The Labute approximate surface area is 197 Å². The highest BCUT2D eigenvalue weighted by atomic mass is 32.2. The van der Waals surface area contributed by atoms with Gasteiger partial charge in [0, 0.05) is 26.0 Å². The molecule has 1 amide bonds. The molecule has 2 aromatic carbocycles. The van der Waals surface area contributed by atoms with E-state index in [1.807, 2.05) is 61.7 Å². The normalized spacial score (nSPS) is 11.7. The number of para-hydroxylation sites is 1. The fraction of sp³-hybridized carbons (Fsp3) is 0.167. The van der Waals surface area contributed by atoms with E-state index < -0.39 is 10.0 Å². The maximum absolute atomic E-state index is 13.4. The van der Waals surface area contributed by atoms with Crippen LogP contribution in [0.5, 0.6) is 0 Å². The van der Waals surface area contributed by atoms with Gasteiger partial charge in [-0.2, -0.15) is 5.10 Å². The minimum atomic E-state index is -3.65. The Bertz CT molecular complexity index is 1410. The summed E-state index contributed by atoms with van der Waals surface area (Å²) in [5.41, 5.74) is 3.82. The lowest BCUT2D eigenvalue weighted by atomic mass is 10.1. The minimum absolute atomic E-state index is 0.129. The molecule has 33 heavy (non-hydrogen) atoms. The van der Waals surface area contributed by atoms with Crippen LogP contribution in [0.25, 0.3) is 16.3 Å². The van der Waals surface area contributed by atoms with Gasteiger partial charge in [-0.3, -0.25) is 4.79 Å². The molecule has 0 aliphatic carbocycles. The average Bonchev–Trinajstić information content (AvgIpc) is 3.47. The summed E-state index contributed by atoms with van der Waals surface area (Å²) in [5, 5.41) is 9.52. The topological polar surface area (TPSA) is 84.3 Å². The van der Waals surface area contributed by atoms with Crippen molar-refractivity contribution in [2.24, 2.45) is 0 Å². The molecule has 1 N–H and O–H groups in total. The number of hydrogen-bond donors (Lipinski definition) is 1. The van der Waals surface area contributed by atoms with E-state index in [0.717, 1.165) is 26.0 Å². The fourth-order valence-corrected chi connectivity index (χ4v) is 5.09. The van der Waals surface area contributed by atoms with E-state index in [2.05, 4.69) is 10.4 Å². The van der Waals surface area contributed by atoms with Crippen molar-refractivity contribution in [2.75, 3.05) is 19.4 Å². The van der Waals surface area contributed by atoms with Crippen LogP contribution in [0, 0.1) is 13.8 Å². The van der Waals surface area contributed by atoms with Gasteiger partial charge in [-0.15, -0.1) is 11.3 Å². The first kappa shape index (κ1) is 22.9. The Hall–Kier alpha value is -3.27. The van der Waals surface area contributed by atoms with Gasteiger partial charge >= 0.3 is 0 Å². The molecule has 7 nitrogen and oxygen atoms in total. The quantitative estimate of drug-likeness (QED) is 0.433. The Balaban J connectivity index is 1.77. The molecule has 0 unspecified atom stereocenters. The highest BCUT2D eigenvalue weighted by molar-refractivity contribution is 7.89. The third-order valence-corrected chi connectivity index (χ3v) is 8.07. The number of amides is 1. The number of benzene rings is 2. The standard InChI is InChI=1S/C24H24N4O3S2/c1-16-13-19(33(30,31)27(3)4)14-21(17(16)2)25-24(29)20-15-28(18-9-6-5-7-10-18)26-23(20)22-11-8-12-32-22/h5-15H,1-4H3,(H,25,29). The number of nitrogens with one attached hydrogen (secondary N) is 1. The van der Waals surface area contributed by atoms with Crippen LogP contribution in [0.3, 0.4) is 0 Å². The molecule has 0 aliphatic rings. The molecule has 0 saturated carbocycles. The van der Waals surface area contributed by atoms with Crippen LogP contribution in [0.4, 0.5) is 5.69 Å². The van der Waals surface area contributed by atoms with Crippen LogP contribution in [-0.2, 0) is 10.0 Å². The average molecular weight is 481 g/mol. The summed E-state index contributed by atoms with van der Waals surface area (Å²) in [5.74, 6) is -0.359. The summed E-state index contributed by atoms with van der Waals surface area (Å²) in [4.78, 5) is 14.4. The largest absolute Gasteiger partial charge is 0.322 e. The number of aryl methyl sites for hydroxylation is 1. The van der Waals surface area contributed by atoms with Gasteiger partial charge in [0.05, 0.1) is 21.0 Å². The van der Waals surface area contributed by atoms with Crippen LogP contribution in [0.1, 0.15) is 21.5 Å². The number of aromatic nitrogens is 2. The van der Waals surface area contributed by atoms with Gasteiger partial charge in [0.25, 0.3) is 5.91 Å². The Morgan fingerprint density at radius 1 is 1.06 bits per heavy atom. The van der Waals surface area contributed by atoms with Crippen molar-refractivity contribution in [3.8, 4) is 16.3 Å². The van der Waals surface area contributed by atoms with Crippen molar-refractivity contribution < 1.29 is 13.2 Å². The maximum atomic E-state index is 13.4. The van der Waals surface area contributed by atoms with Gasteiger partial charge in [-0.05, 0) is 60.7 Å². The third kappa shape index (κ3) is 4.47. The van der Waals surface area contributed by atoms with Gasteiger partial charge in [0.2, 0.25) is 10.0 Å². The monoisotopic (exact) mass is 480 g/mol. The summed E-state index contributed by atoms with van der Waals surface area (Å²) >= 11 is 1.50. The zero-order valence-electron chi connectivity index (χ0n) is 18.7. The number of anilines is 1. The first-order valence-corrected chi connectivity index (χ1v) is 12.5. The van der Waals surface area contributed by atoms with E-state index in [0.29, 0.717) is 16.9 Å². The predicted octanol–water partition coefficient (Wildman–Crippen LogP) is 4.72. The van der Waals surface area contributed by atoms with Crippen molar-refractivity contribution in [1.82, 2.24) is 14.1 Å². The maximum Gasteiger partial charge on any atom is 0.259 e. The van der Waals surface area contributed by atoms with E-state index in [9.17, 15) is 13.2 Å². The molecule has 170 valence electrons. The highest BCUT2D eigenvalue weighted by Crippen LogP contribution is 2.30. The molecular formula is C24H24N4O3S2. The molecule has 0 radical (unpaired) electrons. The number of nitrogens with zero attached hydrogens (tertiary/aromatic N) is 3. The lowest BCUT2D eigenvalue weighted by Gasteiger charge is -2.16. The Morgan fingerprint density at radius 2 is 1.79 bits per heavy atom. The molecule has 0 fully saturated rings. The van der Waals surface area contributed by atoms with E-state index in [1.165, 1.54) is 31.5 Å². The first-order chi connectivity index (χ1) is 15.7. The van der Waals surface area contributed by atoms with Crippen molar-refractivity contribution in [1.29, 1.82) is 0 Å². The number of carbonyl (C=O) groups is 1. The molecule has 0 spiro atoms. The van der Waals surface area contributed by atoms with E-state index in [-0.39, 0.29) is 10.8 Å². The molecule has 0 atom stereocenters. The molecule has 4 aromatic rings. The van der Waals surface area contributed by atoms with Crippen LogP contribution < -0.4 is 5.32 Å². The third-order valence-electron chi connectivity index (χ3n) is 5.40. The molecule has 0 aliphatic heterocycles. The SMILES string of the molecule is Cc1cc(S(=O)(=O)N(C)C)cc(NC(=O)c2cn(-c3ccccc3)nc2-c2cccs2)c1C. The molecule has 2 heterocycles. The second kappa shape index (κ2) is 8.93. The Morgan fingerprint density at radius 3 is 2.42 bits per heavy atom. The zero-order valence-corrected chi connectivity index (χ0v) is 20.4. The highest BCUT2D eigenvalue weighted by Gasteiger charge is 2.23. The second-order valence-electron chi connectivity index (χ2n) is 7.80. The van der Waals surface area contributed by atoms with Crippen LogP contribution in [0.15, 0.2) is 71.1 Å². The van der Waals surface area contributed by atoms with Crippen LogP contribution >= 0.6 is 11.3 Å². The van der Waals surface area contributed by atoms with Gasteiger partial charge in [0.15, 0.2) is 0 Å². The lowest BCUT2D eigenvalue weighted by Crippen LogP contribution is -2.23. The predicted molar refractivity (Wildman–Crippen MR) is 132 cm³/mol. The molecular weight excluding hydrogens is 456 g/mol. The van der Waals surface area contributed by atoms with Crippen LogP contribution in [0.2, 0.25) is 0 Å². The van der Waals surface area contributed by atoms with Gasteiger partial charge in [0.1, 0.15) is 5.69 Å². The van der Waals surface area contributed by atoms with Gasteiger partial charge < -0.3 is 5.32 Å². The van der Waals surface area contributed by atoms with E-state index in [1.54, 1.807) is 16.9 Å². The summed E-state index contributed by atoms with van der Waals surface area (Å²) in [6, 6.07) is 16.5. The molecule has 4 rings (SSSR count). The fourth-order valence-electron chi connectivity index (χ4n) is 3.35. The van der Waals surface area contributed by atoms with Crippen LogP contribution in [-0.4, -0.2) is 42.5 Å².